The summed E-state index contributed by atoms with van der Waals surface area (Å²) in [5, 5.41) is 3.35. The summed E-state index contributed by atoms with van der Waals surface area (Å²) in [4.78, 5) is 5.58. The molecule has 2 nitrogen and oxygen atoms in total. The Morgan fingerprint density at radius 2 is 2.06 bits per heavy atom. The van der Waals surface area contributed by atoms with Crippen LogP contribution in [-0.4, -0.2) is 30.6 Å². The van der Waals surface area contributed by atoms with Gasteiger partial charge >= 0.3 is 0 Å². The lowest BCUT2D eigenvalue weighted by atomic mass is 9.95. The van der Waals surface area contributed by atoms with E-state index in [0.717, 1.165) is 32.2 Å². The molecule has 2 heterocycles. The SMILES string of the molecule is CCN(Cc1ccc(C(C)(C)C)s1)C1CNC1. The first kappa shape index (κ1) is 13.1. The van der Waals surface area contributed by atoms with Crippen molar-refractivity contribution in [3.8, 4) is 0 Å². The van der Waals surface area contributed by atoms with Crippen LogP contribution in [0.15, 0.2) is 12.1 Å². The van der Waals surface area contributed by atoms with Gasteiger partial charge in [-0.1, -0.05) is 27.7 Å². The average Bonchev–Trinajstić information content (AvgIpc) is 2.61. The van der Waals surface area contributed by atoms with Crippen molar-refractivity contribution in [3.05, 3.63) is 21.9 Å². The molecule has 0 radical (unpaired) electrons. The fourth-order valence-electron chi connectivity index (χ4n) is 2.10. The van der Waals surface area contributed by atoms with Crippen molar-refractivity contribution in [2.24, 2.45) is 0 Å². The van der Waals surface area contributed by atoms with E-state index in [1.807, 2.05) is 11.3 Å². The smallest absolute Gasteiger partial charge is 0.0349 e. The van der Waals surface area contributed by atoms with Crippen LogP contribution in [-0.2, 0) is 12.0 Å². The zero-order chi connectivity index (χ0) is 12.5. The first-order valence-electron chi connectivity index (χ1n) is 6.54. The largest absolute Gasteiger partial charge is 0.314 e. The number of hydrogen-bond acceptors (Lipinski definition) is 3. The molecule has 1 fully saturated rings. The second-order valence-corrected chi connectivity index (χ2v) is 7.06. The Hall–Kier alpha value is -0.380. The molecule has 2 rings (SSSR count). The predicted molar refractivity (Wildman–Crippen MR) is 75.8 cm³/mol. The molecule has 0 unspecified atom stereocenters. The highest BCUT2D eigenvalue weighted by molar-refractivity contribution is 7.12. The van der Waals surface area contributed by atoms with Crippen molar-refractivity contribution in [3.63, 3.8) is 0 Å². The molecule has 0 aliphatic carbocycles. The fourth-order valence-corrected chi connectivity index (χ4v) is 3.19. The third kappa shape index (κ3) is 3.09. The maximum absolute atomic E-state index is 3.35. The molecule has 1 saturated heterocycles. The van der Waals surface area contributed by atoms with Crippen LogP contribution in [0.4, 0.5) is 0 Å². The summed E-state index contributed by atoms with van der Waals surface area (Å²) in [5.41, 5.74) is 0.290. The van der Waals surface area contributed by atoms with Gasteiger partial charge in [0.05, 0.1) is 0 Å². The highest BCUT2D eigenvalue weighted by Gasteiger charge is 2.24. The molecule has 1 aliphatic heterocycles. The first-order valence-corrected chi connectivity index (χ1v) is 7.36. The molecule has 3 heteroatoms. The van der Waals surface area contributed by atoms with Gasteiger partial charge in [-0.3, -0.25) is 4.90 Å². The van der Waals surface area contributed by atoms with Crippen LogP contribution in [0.25, 0.3) is 0 Å². The molecule has 1 N–H and O–H groups in total. The summed E-state index contributed by atoms with van der Waals surface area (Å²) in [5.74, 6) is 0. The van der Waals surface area contributed by atoms with Crippen molar-refractivity contribution in [1.82, 2.24) is 10.2 Å². The van der Waals surface area contributed by atoms with Gasteiger partial charge in [-0.15, -0.1) is 11.3 Å². The Morgan fingerprint density at radius 1 is 1.35 bits per heavy atom. The highest BCUT2D eigenvalue weighted by Crippen LogP contribution is 2.30. The minimum absolute atomic E-state index is 0.290. The molecular weight excluding hydrogens is 228 g/mol. The van der Waals surface area contributed by atoms with E-state index in [1.54, 1.807) is 0 Å². The minimum Gasteiger partial charge on any atom is -0.314 e. The first-order chi connectivity index (χ1) is 8.00. The van der Waals surface area contributed by atoms with E-state index in [-0.39, 0.29) is 5.41 Å². The van der Waals surface area contributed by atoms with Gasteiger partial charge in [-0.2, -0.15) is 0 Å². The Kier molecular flexibility index (Phi) is 3.91. The number of nitrogens with zero attached hydrogens (tertiary/aromatic N) is 1. The maximum Gasteiger partial charge on any atom is 0.0349 e. The van der Waals surface area contributed by atoms with Crippen molar-refractivity contribution >= 4 is 11.3 Å². The molecule has 1 aromatic rings. The van der Waals surface area contributed by atoms with Gasteiger partial charge in [0.15, 0.2) is 0 Å². The second kappa shape index (κ2) is 5.09. The summed E-state index contributed by atoms with van der Waals surface area (Å²) >= 11 is 1.97. The average molecular weight is 252 g/mol. The van der Waals surface area contributed by atoms with Crippen LogP contribution >= 0.6 is 11.3 Å². The van der Waals surface area contributed by atoms with E-state index in [0.29, 0.717) is 0 Å². The number of likely N-dealkylation sites (N-methyl/N-ethyl adjacent to an activating group) is 1. The standard InChI is InChI=1S/C14H24N2S/c1-5-16(11-8-15-9-11)10-12-6-7-13(17-12)14(2,3)4/h6-7,11,15H,5,8-10H2,1-4H3. The summed E-state index contributed by atoms with van der Waals surface area (Å²) in [6.07, 6.45) is 0. The molecule has 0 atom stereocenters. The molecule has 0 amide bonds. The van der Waals surface area contributed by atoms with Crippen LogP contribution in [0.2, 0.25) is 0 Å². The summed E-state index contributed by atoms with van der Waals surface area (Å²) in [6, 6.07) is 5.35. The topological polar surface area (TPSA) is 15.3 Å². The number of nitrogens with one attached hydrogen (secondary N) is 1. The van der Waals surface area contributed by atoms with Crippen LogP contribution in [0.3, 0.4) is 0 Å². The summed E-state index contributed by atoms with van der Waals surface area (Å²) in [7, 11) is 0. The van der Waals surface area contributed by atoms with E-state index < -0.39 is 0 Å². The zero-order valence-corrected chi connectivity index (χ0v) is 12.2. The lowest BCUT2D eigenvalue weighted by Crippen LogP contribution is -2.56. The van der Waals surface area contributed by atoms with Crippen LogP contribution < -0.4 is 5.32 Å². The van der Waals surface area contributed by atoms with E-state index in [2.05, 4.69) is 50.0 Å². The van der Waals surface area contributed by atoms with Gasteiger partial charge < -0.3 is 5.32 Å². The van der Waals surface area contributed by atoms with Crippen LogP contribution in [0.1, 0.15) is 37.4 Å². The molecule has 0 saturated carbocycles. The van der Waals surface area contributed by atoms with Gasteiger partial charge in [0, 0.05) is 35.4 Å². The third-order valence-corrected chi connectivity index (χ3v) is 4.94. The van der Waals surface area contributed by atoms with E-state index in [9.17, 15) is 0 Å². The van der Waals surface area contributed by atoms with Gasteiger partial charge in [0.2, 0.25) is 0 Å². The summed E-state index contributed by atoms with van der Waals surface area (Å²) < 4.78 is 0. The monoisotopic (exact) mass is 252 g/mol. The number of rotatable bonds is 4. The van der Waals surface area contributed by atoms with E-state index >= 15 is 0 Å². The van der Waals surface area contributed by atoms with Gasteiger partial charge in [-0.05, 0) is 24.1 Å². The van der Waals surface area contributed by atoms with Crippen molar-refractivity contribution in [2.45, 2.75) is 45.7 Å². The van der Waals surface area contributed by atoms with E-state index in [1.165, 1.54) is 9.75 Å². The normalized spacial score (nSPS) is 17.5. The quantitative estimate of drug-likeness (QED) is 0.886. The van der Waals surface area contributed by atoms with Gasteiger partial charge in [-0.25, -0.2) is 0 Å². The number of thiophene rings is 1. The van der Waals surface area contributed by atoms with Gasteiger partial charge in [0.1, 0.15) is 0 Å². The molecular formula is C14H24N2S. The Morgan fingerprint density at radius 3 is 2.47 bits per heavy atom. The van der Waals surface area contributed by atoms with Crippen molar-refractivity contribution in [2.75, 3.05) is 19.6 Å². The third-order valence-electron chi connectivity index (χ3n) is 3.44. The Labute approximate surface area is 109 Å². The molecule has 96 valence electrons. The zero-order valence-electron chi connectivity index (χ0n) is 11.4. The summed E-state index contributed by atoms with van der Waals surface area (Å²) in [6.45, 7) is 13.7. The highest BCUT2D eigenvalue weighted by atomic mass is 32.1. The Bertz CT molecular complexity index is 361. The molecule has 0 spiro atoms. The van der Waals surface area contributed by atoms with Crippen LogP contribution in [0, 0.1) is 0 Å². The molecule has 0 bridgehead atoms. The second-order valence-electron chi connectivity index (χ2n) is 5.89. The van der Waals surface area contributed by atoms with E-state index in [4.69, 9.17) is 0 Å². The maximum atomic E-state index is 3.35. The lowest BCUT2D eigenvalue weighted by Gasteiger charge is -2.37. The van der Waals surface area contributed by atoms with Crippen LogP contribution in [0.5, 0.6) is 0 Å². The fraction of sp³-hybridized carbons (Fsp3) is 0.714. The number of hydrogen-bond donors (Lipinski definition) is 1. The Balaban J connectivity index is 2.00. The molecule has 0 aromatic carbocycles. The molecule has 1 aliphatic rings. The van der Waals surface area contributed by atoms with Gasteiger partial charge in [0.25, 0.3) is 0 Å². The predicted octanol–water partition coefficient (Wildman–Crippen LogP) is 2.84. The minimum atomic E-state index is 0.290. The van der Waals surface area contributed by atoms with Crippen molar-refractivity contribution in [1.29, 1.82) is 0 Å². The van der Waals surface area contributed by atoms with Crippen molar-refractivity contribution < 1.29 is 0 Å². The molecule has 1 aromatic heterocycles. The lowest BCUT2D eigenvalue weighted by molar-refractivity contribution is 0.146. The molecule has 17 heavy (non-hydrogen) atoms.